The lowest BCUT2D eigenvalue weighted by Crippen LogP contribution is -2.50. The van der Waals surface area contributed by atoms with E-state index in [0.717, 1.165) is 50.2 Å². The van der Waals surface area contributed by atoms with E-state index in [9.17, 15) is 9.59 Å². The molecule has 7 rings (SSSR count). The number of furan rings is 1. The number of nitrogens with zero attached hydrogens (tertiary/aromatic N) is 4. The van der Waals surface area contributed by atoms with Crippen LogP contribution >= 0.6 is 0 Å². The van der Waals surface area contributed by atoms with Crippen LogP contribution in [0.2, 0.25) is 0 Å². The summed E-state index contributed by atoms with van der Waals surface area (Å²) in [4.78, 5) is 29.3. The highest BCUT2D eigenvalue weighted by Crippen LogP contribution is 2.32. The number of nitrogens with one attached hydrogen (secondary N) is 3. The molecule has 1 aliphatic rings. The Kier molecular flexibility index (Phi) is 8.56. The van der Waals surface area contributed by atoms with Crippen molar-refractivity contribution >= 4 is 28.5 Å². The van der Waals surface area contributed by atoms with E-state index in [1.54, 1.807) is 4.90 Å². The molecule has 3 N–H and O–H groups in total. The van der Waals surface area contributed by atoms with E-state index >= 15 is 0 Å². The van der Waals surface area contributed by atoms with Gasteiger partial charge < -0.3 is 20.0 Å². The van der Waals surface area contributed by atoms with E-state index in [0.29, 0.717) is 31.8 Å². The Morgan fingerprint density at radius 1 is 0.958 bits per heavy atom. The van der Waals surface area contributed by atoms with Gasteiger partial charge >= 0.3 is 0 Å². The molecular formula is C38H37N7O3. The smallest absolute Gasteiger partial charge is 0.249 e. The van der Waals surface area contributed by atoms with Crippen LogP contribution in [0.4, 0.5) is 5.69 Å². The molecule has 0 fully saturated rings. The number of benzene rings is 4. The normalized spacial score (nSPS) is 14.9. The molecule has 4 aromatic carbocycles. The van der Waals surface area contributed by atoms with Gasteiger partial charge in [0.15, 0.2) is 0 Å². The lowest BCUT2D eigenvalue weighted by atomic mass is 9.98. The minimum Gasteiger partial charge on any atom is -0.460 e. The molecule has 0 spiro atoms. The van der Waals surface area contributed by atoms with Crippen LogP contribution < -0.4 is 15.5 Å². The maximum absolute atomic E-state index is 14.1. The fourth-order valence-electron chi connectivity index (χ4n) is 6.35. The predicted octanol–water partition coefficient (Wildman–Crippen LogP) is 6.20. The topological polar surface area (TPSA) is 129 Å². The number of fused-ring (bicyclic) bond motifs is 2. The van der Waals surface area contributed by atoms with Crippen molar-refractivity contribution in [1.29, 1.82) is 0 Å². The zero-order chi connectivity index (χ0) is 33.1. The first kappa shape index (κ1) is 31.0. The molecule has 10 nitrogen and oxygen atoms in total. The molecule has 6 aromatic rings. The number of aryl methyl sites for hydroxylation is 1. The minimum atomic E-state index is -0.641. The monoisotopic (exact) mass is 639 g/mol. The van der Waals surface area contributed by atoms with E-state index in [4.69, 9.17) is 4.42 Å². The van der Waals surface area contributed by atoms with Gasteiger partial charge in [-0.05, 0) is 72.4 Å². The van der Waals surface area contributed by atoms with Gasteiger partial charge in [-0.25, -0.2) is 0 Å². The van der Waals surface area contributed by atoms with E-state index in [1.165, 1.54) is 0 Å². The number of hydrogen-bond donors (Lipinski definition) is 3. The Hall–Kier alpha value is -5.61. The highest BCUT2D eigenvalue weighted by molar-refractivity contribution is 6.00. The van der Waals surface area contributed by atoms with Gasteiger partial charge in [-0.1, -0.05) is 84.9 Å². The first-order valence-electron chi connectivity index (χ1n) is 16.2. The zero-order valence-corrected chi connectivity index (χ0v) is 26.9. The molecule has 0 saturated carbocycles. The Bertz CT molecular complexity index is 2020. The first-order chi connectivity index (χ1) is 23.3. The van der Waals surface area contributed by atoms with Gasteiger partial charge in [0.25, 0.3) is 0 Å². The summed E-state index contributed by atoms with van der Waals surface area (Å²) < 4.78 is 5.94. The second-order valence-electron chi connectivity index (χ2n) is 12.9. The number of H-pyrrole nitrogens is 1. The molecule has 2 aromatic heterocycles. The van der Waals surface area contributed by atoms with Crippen LogP contribution in [0.1, 0.15) is 43.6 Å². The van der Waals surface area contributed by atoms with Crippen molar-refractivity contribution in [2.45, 2.75) is 57.8 Å². The second-order valence-corrected chi connectivity index (χ2v) is 12.9. The molecule has 0 saturated heterocycles. The maximum atomic E-state index is 14.1. The van der Waals surface area contributed by atoms with Crippen molar-refractivity contribution < 1.29 is 14.0 Å². The SMILES string of the molecule is CC(C)(CC(=O)N[C@@H]1CCc2ccccc2N(Cc2ccc(-c3ccccc3-c3nn[nH]n3)cc2)C1=O)NCc1cc2ccccc2o1. The number of aromatic amines is 1. The summed E-state index contributed by atoms with van der Waals surface area (Å²) in [6.07, 6.45) is 1.41. The van der Waals surface area contributed by atoms with Gasteiger partial charge in [0, 0.05) is 28.6 Å². The molecule has 1 atom stereocenters. The summed E-state index contributed by atoms with van der Waals surface area (Å²) in [6.45, 7) is 4.83. The Morgan fingerprint density at radius 3 is 2.50 bits per heavy atom. The van der Waals surface area contributed by atoms with E-state index in [-0.39, 0.29) is 18.2 Å². The van der Waals surface area contributed by atoms with Crippen LogP contribution in [-0.4, -0.2) is 44.0 Å². The Morgan fingerprint density at radius 2 is 1.71 bits per heavy atom. The van der Waals surface area contributed by atoms with Crippen LogP contribution in [0.5, 0.6) is 0 Å². The van der Waals surface area contributed by atoms with Gasteiger partial charge in [0.1, 0.15) is 17.4 Å². The van der Waals surface area contributed by atoms with Crippen LogP contribution in [0, 0.1) is 0 Å². The third-order valence-electron chi connectivity index (χ3n) is 8.82. The summed E-state index contributed by atoms with van der Waals surface area (Å²) in [5.41, 5.74) is 6.11. The lowest BCUT2D eigenvalue weighted by molar-refractivity contribution is -0.128. The van der Waals surface area contributed by atoms with Crippen molar-refractivity contribution in [3.63, 3.8) is 0 Å². The van der Waals surface area contributed by atoms with Crippen molar-refractivity contribution in [3.8, 4) is 22.5 Å². The number of tetrazole rings is 1. The molecule has 2 amide bonds. The minimum absolute atomic E-state index is 0.118. The third-order valence-corrected chi connectivity index (χ3v) is 8.82. The lowest BCUT2D eigenvalue weighted by Gasteiger charge is -2.29. The molecular weight excluding hydrogens is 602 g/mol. The van der Waals surface area contributed by atoms with E-state index in [1.807, 2.05) is 111 Å². The number of aromatic nitrogens is 4. The Balaban J connectivity index is 1.04. The van der Waals surface area contributed by atoms with Gasteiger partial charge in [-0.2, -0.15) is 5.21 Å². The highest BCUT2D eigenvalue weighted by atomic mass is 16.3. The van der Waals surface area contributed by atoms with Crippen molar-refractivity contribution in [1.82, 2.24) is 31.3 Å². The van der Waals surface area contributed by atoms with Gasteiger partial charge in [0.05, 0.1) is 13.1 Å². The molecule has 242 valence electrons. The number of rotatable bonds is 10. The predicted molar refractivity (Wildman–Crippen MR) is 185 cm³/mol. The van der Waals surface area contributed by atoms with Crippen LogP contribution in [-0.2, 0) is 29.1 Å². The Labute approximate surface area is 278 Å². The number of hydrogen-bond acceptors (Lipinski definition) is 7. The largest absolute Gasteiger partial charge is 0.460 e. The number of amides is 2. The summed E-state index contributed by atoms with van der Waals surface area (Å²) in [5.74, 6) is 1.04. The fourth-order valence-corrected chi connectivity index (χ4v) is 6.35. The molecule has 0 unspecified atom stereocenters. The summed E-state index contributed by atoms with van der Waals surface area (Å²) in [6, 6.07) is 33.3. The molecule has 0 aliphatic carbocycles. The molecule has 0 radical (unpaired) electrons. The highest BCUT2D eigenvalue weighted by Gasteiger charge is 2.33. The van der Waals surface area contributed by atoms with Gasteiger partial charge in [0.2, 0.25) is 17.6 Å². The standard InChI is InChI=1S/C38H37N7O3/c1-38(2,39-23-29-21-28-10-4-8-14-34(28)48-29)22-35(46)40-32-20-19-27-9-3-7-13-33(27)45(37(32)47)24-25-15-17-26(18-16-25)30-11-5-6-12-31(30)36-41-43-44-42-36/h3-18,21,32,39H,19-20,22-24H2,1-2H3,(H,40,46)(H,41,42,43,44)/t32-/m1/s1. The van der Waals surface area contributed by atoms with Gasteiger partial charge in [-0.3, -0.25) is 9.59 Å². The van der Waals surface area contributed by atoms with Crippen molar-refractivity contribution in [2.24, 2.45) is 0 Å². The second kappa shape index (κ2) is 13.2. The molecule has 48 heavy (non-hydrogen) atoms. The zero-order valence-electron chi connectivity index (χ0n) is 26.9. The van der Waals surface area contributed by atoms with Crippen LogP contribution in [0.3, 0.4) is 0 Å². The number of carbonyl (C=O) groups is 2. The van der Waals surface area contributed by atoms with Crippen molar-refractivity contribution in [3.05, 3.63) is 120 Å². The molecule has 1 aliphatic heterocycles. The van der Waals surface area contributed by atoms with E-state index in [2.05, 4.69) is 37.3 Å². The molecule has 10 heteroatoms. The molecule has 0 bridgehead atoms. The van der Waals surface area contributed by atoms with Crippen LogP contribution in [0.15, 0.2) is 108 Å². The number of carbonyl (C=O) groups excluding carboxylic acids is 2. The molecule has 3 heterocycles. The number of para-hydroxylation sites is 2. The number of anilines is 1. The summed E-state index contributed by atoms with van der Waals surface area (Å²) in [5, 5.41) is 22.1. The third kappa shape index (κ3) is 6.74. The summed E-state index contributed by atoms with van der Waals surface area (Å²) in [7, 11) is 0. The van der Waals surface area contributed by atoms with E-state index < -0.39 is 11.6 Å². The average molecular weight is 640 g/mol. The van der Waals surface area contributed by atoms with Gasteiger partial charge in [-0.15, -0.1) is 10.2 Å². The fraction of sp³-hybridized carbons (Fsp3) is 0.237. The average Bonchev–Trinajstić information content (AvgIpc) is 3.77. The summed E-state index contributed by atoms with van der Waals surface area (Å²) >= 11 is 0. The maximum Gasteiger partial charge on any atom is 0.249 e. The van der Waals surface area contributed by atoms with Crippen molar-refractivity contribution in [2.75, 3.05) is 4.90 Å². The quantitative estimate of drug-likeness (QED) is 0.163. The first-order valence-corrected chi connectivity index (χ1v) is 16.2. The van der Waals surface area contributed by atoms with Crippen LogP contribution in [0.25, 0.3) is 33.5 Å².